The molecule has 1 fully saturated rings. The average molecular weight is 653 g/mol. The Morgan fingerprint density at radius 2 is 1.76 bits per heavy atom. The Morgan fingerprint density at radius 1 is 1.02 bits per heavy atom. The monoisotopic (exact) mass is 652 g/mol. The number of halogens is 7. The molecule has 1 aliphatic heterocycles. The Labute approximate surface area is 259 Å². The number of nitrogens with zero attached hydrogens (tertiary/aromatic N) is 4. The van der Waals surface area contributed by atoms with E-state index in [0.717, 1.165) is 24.1 Å². The highest BCUT2D eigenvalue weighted by molar-refractivity contribution is 6.32. The molecule has 45 heavy (non-hydrogen) atoms. The molecule has 3 heterocycles. The first kappa shape index (κ1) is 32.3. The predicted octanol–water partition coefficient (Wildman–Crippen LogP) is 8.02. The van der Waals surface area contributed by atoms with E-state index in [1.54, 1.807) is 24.3 Å². The minimum Gasteiger partial charge on any atom is -0.487 e. The van der Waals surface area contributed by atoms with E-state index in [4.69, 9.17) is 16.3 Å². The minimum atomic E-state index is -5.00. The van der Waals surface area contributed by atoms with Crippen molar-refractivity contribution in [3.05, 3.63) is 94.3 Å². The van der Waals surface area contributed by atoms with Crippen molar-refractivity contribution in [1.82, 2.24) is 19.7 Å². The zero-order chi connectivity index (χ0) is 32.4. The summed E-state index contributed by atoms with van der Waals surface area (Å²) in [6.45, 7) is 1.97. The number of para-hydroxylation sites is 1. The van der Waals surface area contributed by atoms with Crippen LogP contribution in [0.4, 0.5) is 26.3 Å². The van der Waals surface area contributed by atoms with Crippen molar-refractivity contribution in [3.63, 3.8) is 0 Å². The highest BCUT2D eigenvalue weighted by Crippen LogP contribution is 2.38. The topological polar surface area (TPSA) is 80.5 Å². The van der Waals surface area contributed by atoms with E-state index >= 15 is 0 Å². The summed E-state index contributed by atoms with van der Waals surface area (Å²) in [5.74, 6) is -1.55. The molecule has 2 aromatic heterocycles. The number of rotatable bonds is 10. The van der Waals surface area contributed by atoms with Crippen molar-refractivity contribution in [1.29, 1.82) is 0 Å². The van der Waals surface area contributed by atoms with Crippen LogP contribution >= 0.6 is 11.6 Å². The van der Waals surface area contributed by atoms with Gasteiger partial charge in [0.2, 0.25) is 0 Å². The molecule has 5 rings (SSSR count). The van der Waals surface area contributed by atoms with Crippen molar-refractivity contribution in [3.8, 4) is 22.8 Å². The molecule has 1 saturated heterocycles. The fraction of sp³-hybridized carbons (Fsp3) is 0.323. The maximum Gasteiger partial charge on any atom is 0.434 e. The molecule has 0 spiro atoms. The van der Waals surface area contributed by atoms with Crippen molar-refractivity contribution in [2.75, 3.05) is 19.6 Å². The molecule has 0 saturated carbocycles. The van der Waals surface area contributed by atoms with Gasteiger partial charge in [-0.05, 0) is 67.2 Å². The first-order chi connectivity index (χ1) is 21.3. The third kappa shape index (κ3) is 7.77. The van der Waals surface area contributed by atoms with E-state index in [0.29, 0.717) is 29.5 Å². The van der Waals surface area contributed by atoms with Gasteiger partial charge in [0.15, 0.2) is 11.5 Å². The standard InChI is InChI=1S/C31H27ClF6N4O3/c32-24-5-1-4-22(25-6-2-7-26(40-25)42-28(31(36,37)38)23(16-39-42)29(43)44)27(24)45-18-19-8-10-20(11-9-19)21-12-15-41(17-21)14-3-13-30(33,34)35/h1-2,4-11,16,21H,3,12-15,17-18H2,(H,43,44)/t21-/m0/s1. The molecule has 14 heteroatoms. The van der Waals surface area contributed by atoms with Crippen LogP contribution in [-0.2, 0) is 12.8 Å². The number of benzene rings is 2. The Morgan fingerprint density at radius 3 is 2.44 bits per heavy atom. The van der Waals surface area contributed by atoms with Gasteiger partial charge in [-0.15, -0.1) is 0 Å². The molecule has 238 valence electrons. The van der Waals surface area contributed by atoms with Crippen LogP contribution in [0.1, 0.15) is 52.4 Å². The molecular formula is C31H27ClF6N4O3. The SMILES string of the molecule is O=C(O)c1cnn(-c2cccc(-c3cccc(Cl)c3OCc3ccc([C@H]4CCN(CCCC(F)(F)F)C4)cc3)n2)c1C(F)(F)F. The van der Waals surface area contributed by atoms with Gasteiger partial charge in [-0.2, -0.15) is 31.4 Å². The van der Waals surface area contributed by atoms with Gasteiger partial charge in [0.1, 0.15) is 17.9 Å². The number of carbonyl (C=O) groups is 1. The van der Waals surface area contributed by atoms with Gasteiger partial charge in [0.05, 0.1) is 16.9 Å². The second-order valence-corrected chi connectivity index (χ2v) is 11.1. The predicted molar refractivity (Wildman–Crippen MR) is 154 cm³/mol. The molecule has 7 nitrogen and oxygen atoms in total. The van der Waals surface area contributed by atoms with E-state index in [1.165, 1.54) is 12.1 Å². The van der Waals surface area contributed by atoms with E-state index in [1.807, 2.05) is 24.3 Å². The number of pyridine rings is 1. The first-order valence-corrected chi connectivity index (χ1v) is 14.3. The van der Waals surface area contributed by atoms with E-state index in [-0.39, 0.29) is 41.2 Å². The van der Waals surface area contributed by atoms with E-state index < -0.39 is 36.0 Å². The summed E-state index contributed by atoms with van der Waals surface area (Å²) in [4.78, 5) is 17.8. The molecule has 1 aliphatic rings. The lowest BCUT2D eigenvalue weighted by Crippen LogP contribution is -2.23. The third-order valence-corrected chi connectivity index (χ3v) is 7.80. The van der Waals surface area contributed by atoms with Gasteiger partial charge >= 0.3 is 18.3 Å². The molecule has 2 aromatic carbocycles. The van der Waals surface area contributed by atoms with Crippen LogP contribution in [0, 0.1) is 0 Å². The first-order valence-electron chi connectivity index (χ1n) is 14.0. The van der Waals surface area contributed by atoms with Crippen LogP contribution in [0.15, 0.2) is 66.9 Å². The van der Waals surface area contributed by atoms with Gasteiger partial charge in [-0.1, -0.05) is 48.0 Å². The highest BCUT2D eigenvalue weighted by Gasteiger charge is 2.41. The second kappa shape index (κ2) is 13.1. The molecule has 0 aliphatic carbocycles. The van der Waals surface area contributed by atoms with Crippen LogP contribution < -0.4 is 4.74 Å². The molecule has 0 radical (unpaired) electrons. The van der Waals surface area contributed by atoms with Crippen LogP contribution in [0.25, 0.3) is 17.1 Å². The maximum absolute atomic E-state index is 13.8. The average Bonchev–Trinajstić information content (AvgIpc) is 3.64. The number of aromatic carboxylic acids is 1. The summed E-state index contributed by atoms with van der Waals surface area (Å²) >= 11 is 6.46. The lowest BCUT2D eigenvalue weighted by Gasteiger charge is -2.17. The summed E-state index contributed by atoms with van der Waals surface area (Å²) < 4.78 is 85.2. The molecule has 1 atom stereocenters. The second-order valence-electron chi connectivity index (χ2n) is 10.7. The Kier molecular flexibility index (Phi) is 9.40. The van der Waals surface area contributed by atoms with Crippen LogP contribution in [0.2, 0.25) is 5.02 Å². The Bertz CT molecular complexity index is 1660. The molecule has 1 N–H and O–H groups in total. The van der Waals surface area contributed by atoms with Crippen LogP contribution in [-0.4, -0.2) is 56.6 Å². The summed E-state index contributed by atoms with van der Waals surface area (Å²) in [5, 5.41) is 13.1. The lowest BCUT2D eigenvalue weighted by atomic mass is 9.97. The normalized spacial score (nSPS) is 15.8. The molecule has 4 aromatic rings. The van der Waals surface area contributed by atoms with E-state index in [2.05, 4.69) is 15.0 Å². The summed E-state index contributed by atoms with van der Waals surface area (Å²) in [7, 11) is 0. The largest absolute Gasteiger partial charge is 0.487 e. The van der Waals surface area contributed by atoms with Gasteiger partial charge in [-0.25, -0.2) is 14.5 Å². The zero-order valence-electron chi connectivity index (χ0n) is 23.6. The maximum atomic E-state index is 13.8. The van der Waals surface area contributed by atoms with Gasteiger partial charge in [-0.3, -0.25) is 0 Å². The number of ether oxygens (including phenoxy) is 1. The number of aromatic nitrogens is 3. The number of likely N-dealkylation sites (tertiary alicyclic amines) is 1. The number of carboxylic acid groups (broad SMARTS) is 1. The van der Waals surface area contributed by atoms with Crippen molar-refractivity contribution in [2.24, 2.45) is 0 Å². The van der Waals surface area contributed by atoms with Crippen molar-refractivity contribution in [2.45, 2.75) is 44.1 Å². The summed E-state index contributed by atoms with van der Waals surface area (Å²) in [6, 6.07) is 16.9. The van der Waals surface area contributed by atoms with Crippen LogP contribution in [0.5, 0.6) is 5.75 Å². The lowest BCUT2D eigenvalue weighted by molar-refractivity contribution is -0.143. The molecule has 0 bridgehead atoms. The highest BCUT2D eigenvalue weighted by atomic mass is 35.5. The van der Waals surface area contributed by atoms with Crippen LogP contribution in [0.3, 0.4) is 0 Å². The molecule has 0 unspecified atom stereocenters. The van der Waals surface area contributed by atoms with Crippen molar-refractivity contribution >= 4 is 17.6 Å². The number of hydrogen-bond acceptors (Lipinski definition) is 5. The number of alkyl halides is 6. The third-order valence-electron chi connectivity index (χ3n) is 7.50. The number of hydrogen-bond donors (Lipinski definition) is 1. The van der Waals surface area contributed by atoms with Gasteiger partial charge in [0.25, 0.3) is 0 Å². The molecular weight excluding hydrogens is 626 g/mol. The quantitative estimate of drug-likeness (QED) is 0.175. The Balaban J connectivity index is 1.30. The minimum absolute atomic E-state index is 0.0832. The summed E-state index contributed by atoms with van der Waals surface area (Å²) in [6.07, 6.45) is -8.36. The number of carboxylic acids is 1. The van der Waals surface area contributed by atoms with Crippen molar-refractivity contribution < 1.29 is 41.0 Å². The summed E-state index contributed by atoms with van der Waals surface area (Å²) in [5.41, 5.74) is 0.0630. The molecule has 0 amide bonds. The van der Waals surface area contributed by atoms with Gasteiger partial charge < -0.3 is 14.7 Å². The van der Waals surface area contributed by atoms with E-state index in [9.17, 15) is 36.2 Å². The Hall–Kier alpha value is -4.10. The fourth-order valence-electron chi connectivity index (χ4n) is 5.35. The van der Waals surface area contributed by atoms with Gasteiger partial charge in [0, 0.05) is 18.5 Å². The smallest absolute Gasteiger partial charge is 0.434 e. The fourth-order valence-corrected chi connectivity index (χ4v) is 5.58. The zero-order valence-corrected chi connectivity index (χ0v) is 24.3.